The number of hydrogen-bond acceptors (Lipinski definition) is 6. The first kappa shape index (κ1) is 37.7. The summed E-state index contributed by atoms with van der Waals surface area (Å²) in [5.41, 5.74) is 1.63. The Morgan fingerprint density at radius 1 is 0.609 bits per heavy atom. The van der Waals surface area contributed by atoms with Gasteiger partial charge in [-0.15, -0.1) is 0 Å². The zero-order chi connectivity index (χ0) is 33.6. The van der Waals surface area contributed by atoms with E-state index in [9.17, 15) is 9.59 Å². The number of anilines is 2. The number of halogens is 2. The minimum atomic E-state index is -0.350. The zero-order valence-electron chi connectivity index (χ0n) is 27.6. The number of unbranched alkanes of at least 4 members (excludes halogenated alkanes) is 2. The van der Waals surface area contributed by atoms with Gasteiger partial charge >= 0.3 is 0 Å². The minimum absolute atomic E-state index is 0.240. The second kappa shape index (κ2) is 19.2. The third-order valence-electron chi connectivity index (χ3n) is 6.61. The Morgan fingerprint density at radius 2 is 1.02 bits per heavy atom. The predicted octanol–water partition coefficient (Wildman–Crippen LogP) is 9.83. The Hall–Kier alpha value is -2.74. The number of nitrogens with one attached hydrogen (secondary N) is 2. The first-order chi connectivity index (χ1) is 22.0. The summed E-state index contributed by atoms with van der Waals surface area (Å²) >= 11 is 4.36. The van der Waals surface area contributed by atoms with E-state index in [-0.39, 0.29) is 23.7 Å². The molecule has 0 radical (unpaired) electrons. The lowest BCUT2D eigenvalue weighted by atomic mass is 10.1. The molecule has 10 heteroatoms. The maximum absolute atomic E-state index is 13.8. The third-order valence-corrected chi connectivity index (χ3v) is 7.95. The summed E-state index contributed by atoms with van der Waals surface area (Å²) in [5.74, 6) is 1.68. The van der Waals surface area contributed by atoms with Crippen LogP contribution in [0.15, 0.2) is 48.5 Å². The number of carbonyl (C=O) groups excluding carboxylic acids is 2. The third kappa shape index (κ3) is 11.8. The minimum Gasteiger partial charge on any atom is -0.493 e. The van der Waals surface area contributed by atoms with Crippen LogP contribution in [0.4, 0.5) is 11.4 Å². The molecule has 0 spiro atoms. The van der Waals surface area contributed by atoms with Crippen LogP contribution in [0, 0.1) is 19.0 Å². The summed E-state index contributed by atoms with van der Waals surface area (Å²) in [6, 6.07) is 14.5. The molecule has 2 N–H and O–H groups in total. The zero-order valence-corrected chi connectivity index (χ0v) is 32.0. The molecular weight excluding hydrogens is 810 g/mol. The quantitative estimate of drug-likeness (QED) is 0.0978. The molecular formula is C36H46I2N2O6. The van der Waals surface area contributed by atoms with Crippen LogP contribution in [0.2, 0.25) is 0 Å². The summed E-state index contributed by atoms with van der Waals surface area (Å²) in [6.07, 6.45) is 3.73. The van der Waals surface area contributed by atoms with E-state index in [1.54, 1.807) is 24.3 Å². The van der Waals surface area contributed by atoms with Crippen LogP contribution in [0.1, 0.15) is 87.9 Å². The number of rotatable bonds is 18. The maximum atomic E-state index is 13.8. The summed E-state index contributed by atoms with van der Waals surface area (Å²) in [5, 5.41) is 6.06. The fourth-order valence-electron chi connectivity index (χ4n) is 4.15. The van der Waals surface area contributed by atoms with Crippen LogP contribution < -0.4 is 29.6 Å². The number of benzene rings is 3. The van der Waals surface area contributed by atoms with Gasteiger partial charge in [-0.3, -0.25) is 9.59 Å². The molecule has 0 saturated carbocycles. The number of amides is 2. The van der Waals surface area contributed by atoms with Crippen LogP contribution in [0.3, 0.4) is 0 Å². The van der Waals surface area contributed by atoms with E-state index >= 15 is 0 Å². The molecule has 0 aromatic heterocycles. The molecule has 0 bridgehead atoms. The van der Waals surface area contributed by atoms with Crippen molar-refractivity contribution in [3.8, 4) is 23.0 Å². The molecule has 0 atom stereocenters. The highest BCUT2D eigenvalue weighted by Gasteiger charge is 2.22. The number of hydrogen-bond donors (Lipinski definition) is 2. The van der Waals surface area contributed by atoms with Gasteiger partial charge in [0.05, 0.1) is 48.9 Å². The van der Waals surface area contributed by atoms with Crippen LogP contribution in [-0.2, 0) is 0 Å². The first-order valence-corrected chi connectivity index (χ1v) is 18.1. The van der Waals surface area contributed by atoms with Crippen molar-refractivity contribution in [3.63, 3.8) is 0 Å². The predicted molar refractivity (Wildman–Crippen MR) is 202 cm³/mol. The molecule has 3 aromatic rings. The van der Waals surface area contributed by atoms with E-state index in [2.05, 4.69) is 97.4 Å². The largest absolute Gasteiger partial charge is 0.493 e. The van der Waals surface area contributed by atoms with Gasteiger partial charge in [0.25, 0.3) is 11.8 Å². The second-order valence-electron chi connectivity index (χ2n) is 11.8. The molecule has 3 aromatic carbocycles. The highest BCUT2D eigenvalue weighted by Crippen LogP contribution is 2.39. The molecule has 0 fully saturated rings. The average Bonchev–Trinajstić information content (AvgIpc) is 3.01. The van der Waals surface area contributed by atoms with Crippen LogP contribution in [0.5, 0.6) is 23.0 Å². The molecule has 0 saturated heterocycles. The molecule has 250 valence electrons. The van der Waals surface area contributed by atoms with Crippen molar-refractivity contribution < 1.29 is 28.5 Å². The second-order valence-corrected chi connectivity index (χ2v) is 14.3. The van der Waals surface area contributed by atoms with Crippen molar-refractivity contribution in [1.29, 1.82) is 0 Å². The SMILES string of the molecule is CCCCOc1ccc(I)cc1C(=O)Nc1cc(NC(=O)c2cc(I)ccc2OCCCC)c(OCC(C)C)cc1OCC(C)C. The molecule has 0 aliphatic rings. The molecule has 0 aliphatic carbocycles. The molecule has 0 unspecified atom stereocenters. The lowest BCUT2D eigenvalue weighted by Gasteiger charge is -2.21. The fraction of sp³-hybridized carbons (Fsp3) is 0.444. The molecule has 46 heavy (non-hydrogen) atoms. The van der Waals surface area contributed by atoms with Crippen molar-refractivity contribution in [2.75, 3.05) is 37.1 Å². The lowest BCUT2D eigenvalue weighted by molar-refractivity contribution is 0.101. The first-order valence-electron chi connectivity index (χ1n) is 15.9. The Kier molecular flexibility index (Phi) is 15.7. The Morgan fingerprint density at radius 3 is 1.39 bits per heavy atom. The van der Waals surface area contributed by atoms with Crippen molar-refractivity contribution in [1.82, 2.24) is 0 Å². The lowest BCUT2D eigenvalue weighted by Crippen LogP contribution is -2.18. The van der Waals surface area contributed by atoms with Gasteiger partial charge in [0, 0.05) is 13.2 Å². The highest BCUT2D eigenvalue weighted by atomic mass is 127. The maximum Gasteiger partial charge on any atom is 0.259 e. The van der Waals surface area contributed by atoms with Gasteiger partial charge in [-0.25, -0.2) is 0 Å². The monoisotopic (exact) mass is 856 g/mol. The summed E-state index contributed by atoms with van der Waals surface area (Å²) in [6.45, 7) is 14.3. The molecule has 3 rings (SSSR count). The van der Waals surface area contributed by atoms with Crippen molar-refractivity contribution in [2.45, 2.75) is 67.2 Å². The van der Waals surface area contributed by atoms with E-state index in [1.807, 2.05) is 24.3 Å². The topological polar surface area (TPSA) is 95.1 Å². The van der Waals surface area contributed by atoms with E-state index in [0.29, 0.717) is 71.9 Å². The Balaban J connectivity index is 2.05. The summed E-state index contributed by atoms with van der Waals surface area (Å²) in [7, 11) is 0. The van der Waals surface area contributed by atoms with Gasteiger partial charge in [0.15, 0.2) is 0 Å². The number of carbonyl (C=O) groups is 2. The van der Waals surface area contributed by atoms with Crippen LogP contribution in [0.25, 0.3) is 0 Å². The van der Waals surface area contributed by atoms with E-state index in [4.69, 9.17) is 18.9 Å². The van der Waals surface area contributed by atoms with Crippen molar-refractivity contribution in [2.24, 2.45) is 11.8 Å². The molecule has 0 aliphatic heterocycles. The normalized spacial score (nSPS) is 11.0. The van der Waals surface area contributed by atoms with Crippen molar-refractivity contribution in [3.05, 3.63) is 66.8 Å². The van der Waals surface area contributed by atoms with Gasteiger partial charge in [-0.1, -0.05) is 54.4 Å². The van der Waals surface area contributed by atoms with Gasteiger partial charge < -0.3 is 29.6 Å². The number of ether oxygens (including phenoxy) is 4. The standard InChI is InChI=1S/C36H46I2N2O6/c1-7-9-15-43-31-13-11-25(37)17-27(31)35(41)39-29-19-30(34(46-22-24(5)6)20-33(29)45-21-23(3)4)40-36(42)28-18-26(38)12-14-32(28)44-16-10-8-2/h11-14,17-20,23-24H,7-10,15-16,21-22H2,1-6H3,(H,39,41)(H,40,42). The molecule has 8 nitrogen and oxygen atoms in total. The average molecular weight is 857 g/mol. The van der Waals surface area contributed by atoms with Gasteiger partial charge in [0.2, 0.25) is 0 Å². The van der Waals surface area contributed by atoms with E-state index in [0.717, 1.165) is 32.8 Å². The Labute approximate surface area is 301 Å². The Bertz CT molecular complexity index is 1360. The molecule has 0 heterocycles. The van der Waals surface area contributed by atoms with Gasteiger partial charge in [0.1, 0.15) is 23.0 Å². The van der Waals surface area contributed by atoms with Gasteiger partial charge in [-0.05, 0) is 112 Å². The smallest absolute Gasteiger partial charge is 0.259 e. The van der Waals surface area contributed by atoms with Crippen LogP contribution in [-0.4, -0.2) is 38.2 Å². The van der Waals surface area contributed by atoms with Gasteiger partial charge in [-0.2, -0.15) is 0 Å². The highest BCUT2D eigenvalue weighted by molar-refractivity contribution is 14.1. The molecule has 2 amide bonds. The summed E-state index contributed by atoms with van der Waals surface area (Å²) in [4.78, 5) is 27.6. The van der Waals surface area contributed by atoms with Crippen molar-refractivity contribution >= 4 is 68.4 Å². The summed E-state index contributed by atoms with van der Waals surface area (Å²) < 4.78 is 26.1. The fourth-order valence-corrected chi connectivity index (χ4v) is 5.13. The van der Waals surface area contributed by atoms with E-state index in [1.165, 1.54) is 0 Å². The van der Waals surface area contributed by atoms with E-state index < -0.39 is 0 Å². The van der Waals surface area contributed by atoms with Crippen LogP contribution >= 0.6 is 45.2 Å².